The van der Waals surface area contributed by atoms with Crippen LogP contribution in [0.3, 0.4) is 0 Å². The highest BCUT2D eigenvalue weighted by Gasteiger charge is 2.21. The van der Waals surface area contributed by atoms with Crippen molar-refractivity contribution in [2.24, 2.45) is 0 Å². The van der Waals surface area contributed by atoms with E-state index >= 15 is 0 Å². The Labute approximate surface area is 195 Å². The van der Waals surface area contributed by atoms with Gasteiger partial charge in [0.15, 0.2) is 12.4 Å². The van der Waals surface area contributed by atoms with Gasteiger partial charge in [-0.2, -0.15) is 0 Å². The summed E-state index contributed by atoms with van der Waals surface area (Å²) in [6.07, 6.45) is 0. The monoisotopic (exact) mass is 499 g/mol. The zero-order chi connectivity index (χ0) is 22.6. The Balaban J connectivity index is 1.77. The summed E-state index contributed by atoms with van der Waals surface area (Å²) in [4.78, 5) is 25.5. The molecule has 0 saturated carbocycles. The lowest BCUT2D eigenvalue weighted by Gasteiger charge is -2.23. The summed E-state index contributed by atoms with van der Waals surface area (Å²) < 4.78 is 6.76. The van der Waals surface area contributed by atoms with Gasteiger partial charge in [-0.1, -0.05) is 78.6 Å². The Morgan fingerprint density at radius 1 is 1.00 bits per heavy atom. The molecule has 0 spiro atoms. The molecular formula is C25H23BrClNO3. The average molecular weight is 501 g/mol. The van der Waals surface area contributed by atoms with Gasteiger partial charge < -0.3 is 10.1 Å². The molecule has 0 aliphatic heterocycles. The zero-order valence-electron chi connectivity index (χ0n) is 17.5. The van der Waals surface area contributed by atoms with Crippen LogP contribution in [0.5, 0.6) is 5.75 Å². The van der Waals surface area contributed by atoms with Crippen LogP contribution in [-0.2, 0) is 10.2 Å². The molecule has 3 aromatic carbocycles. The fraction of sp³-hybridized carbons (Fsp3) is 0.200. The van der Waals surface area contributed by atoms with Gasteiger partial charge in [0.1, 0.15) is 5.75 Å². The van der Waals surface area contributed by atoms with E-state index < -0.39 is 0 Å². The van der Waals surface area contributed by atoms with Crippen molar-refractivity contribution < 1.29 is 14.3 Å². The number of rotatable bonds is 6. The van der Waals surface area contributed by atoms with E-state index in [2.05, 4.69) is 42.0 Å². The predicted molar refractivity (Wildman–Crippen MR) is 128 cm³/mol. The minimum atomic E-state index is -0.368. The number of halogens is 2. The molecule has 0 aliphatic carbocycles. The molecule has 0 unspecified atom stereocenters. The molecule has 0 fully saturated rings. The van der Waals surface area contributed by atoms with E-state index in [1.165, 1.54) is 0 Å². The molecule has 0 heterocycles. The van der Waals surface area contributed by atoms with E-state index in [0.717, 1.165) is 10.0 Å². The van der Waals surface area contributed by atoms with E-state index in [4.69, 9.17) is 16.3 Å². The molecule has 1 N–H and O–H groups in total. The third kappa shape index (κ3) is 5.96. The smallest absolute Gasteiger partial charge is 0.262 e. The quantitative estimate of drug-likeness (QED) is 0.386. The normalized spacial score (nSPS) is 11.1. The van der Waals surface area contributed by atoms with Crippen molar-refractivity contribution in [1.29, 1.82) is 0 Å². The highest BCUT2D eigenvalue weighted by molar-refractivity contribution is 9.10. The van der Waals surface area contributed by atoms with Crippen LogP contribution >= 0.6 is 27.5 Å². The lowest BCUT2D eigenvalue weighted by Crippen LogP contribution is -2.23. The second-order valence-electron chi connectivity index (χ2n) is 8.11. The molecule has 1 amide bonds. The number of ketones is 1. The minimum absolute atomic E-state index is 0.152. The molecule has 4 nitrogen and oxygen atoms in total. The first-order valence-electron chi connectivity index (χ1n) is 9.77. The fourth-order valence-electron chi connectivity index (χ4n) is 3.10. The van der Waals surface area contributed by atoms with Crippen LogP contribution in [-0.4, -0.2) is 18.3 Å². The Kier molecular flexibility index (Phi) is 7.19. The van der Waals surface area contributed by atoms with Crippen molar-refractivity contribution in [3.8, 4) is 5.75 Å². The third-order valence-electron chi connectivity index (χ3n) is 4.64. The maximum Gasteiger partial charge on any atom is 0.262 e. The third-order valence-corrected chi connectivity index (χ3v) is 5.37. The zero-order valence-corrected chi connectivity index (χ0v) is 19.9. The van der Waals surface area contributed by atoms with Gasteiger partial charge in [-0.05, 0) is 41.8 Å². The van der Waals surface area contributed by atoms with Gasteiger partial charge in [-0.15, -0.1) is 0 Å². The van der Waals surface area contributed by atoms with Crippen molar-refractivity contribution in [1.82, 2.24) is 0 Å². The molecule has 0 radical (unpaired) electrons. The van der Waals surface area contributed by atoms with Crippen LogP contribution in [0.1, 0.15) is 42.3 Å². The van der Waals surface area contributed by atoms with Crippen molar-refractivity contribution in [3.63, 3.8) is 0 Å². The van der Waals surface area contributed by atoms with Gasteiger partial charge in [0.25, 0.3) is 5.91 Å². The highest BCUT2D eigenvalue weighted by atomic mass is 79.9. The molecule has 31 heavy (non-hydrogen) atoms. The SMILES string of the molecule is CC(C)(C)c1cc(Br)ccc1OCC(=O)Nc1ccc(Cl)cc1C(=O)c1ccccc1. The van der Waals surface area contributed by atoms with Gasteiger partial charge in [-0.3, -0.25) is 9.59 Å². The molecule has 0 bridgehead atoms. The number of carbonyl (C=O) groups excluding carboxylic acids is 2. The molecule has 0 aromatic heterocycles. The second kappa shape index (κ2) is 9.67. The number of anilines is 1. The van der Waals surface area contributed by atoms with Crippen LogP contribution in [0.4, 0.5) is 5.69 Å². The average Bonchev–Trinajstić information content (AvgIpc) is 2.73. The largest absolute Gasteiger partial charge is 0.483 e. The van der Waals surface area contributed by atoms with Crippen LogP contribution in [0.15, 0.2) is 71.2 Å². The lowest BCUT2D eigenvalue weighted by atomic mass is 9.86. The van der Waals surface area contributed by atoms with Crippen molar-refractivity contribution >= 4 is 44.9 Å². The fourth-order valence-corrected chi connectivity index (χ4v) is 3.64. The summed E-state index contributed by atoms with van der Waals surface area (Å²) in [7, 11) is 0. The van der Waals surface area contributed by atoms with Crippen LogP contribution in [0.2, 0.25) is 5.02 Å². The Bertz CT molecular complexity index is 1110. The number of ether oxygens (including phenoxy) is 1. The van der Waals surface area contributed by atoms with Crippen LogP contribution in [0.25, 0.3) is 0 Å². The summed E-state index contributed by atoms with van der Waals surface area (Å²) in [5.74, 6) is 0.0528. The van der Waals surface area contributed by atoms with E-state index in [1.54, 1.807) is 42.5 Å². The van der Waals surface area contributed by atoms with Gasteiger partial charge >= 0.3 is 0 Å². The van der Waals surface area contributed by atoms with E-state index in [1.807, 2.05) is 24.3 Å². The molecule has 3 rings (SSSR count). The van der Waals surface area contributed by atoms with E-state index in [9.17, 15) is 9.59 Å². The van der Waals surface area contributed by atoms with Crippen molar-refractivity contribution in [3.05, 3.63) is 92.9 Å². The van der Waals surface area contributed by atoms with Crippen LogP contribution < -0.4 is 10.1 Å². The first-order chi connectivity index (χ1) is 14.6. The number of benzene rings is 3. The summed E-state index contributed by atoms with van der Waals surface area (Å²) >= 11 is 9.59. The number of nitrogens with one attached hydrogen (secondary N) is 1. The molecule has 160 valence electrons. The Morgan fingerprint density at radius 3 is 2.39 bits per heavy atom. The molecular weight excluding hydrogens is 478 g/mol. The van der Waals surface area contributed by atoms with Crippen LogP contribution in [0, 0.1) is 0 Å². The van der Waals surface area contributed by atoms with E-state index in [0.29, 0.717) is 27.6 Å². The van der Waals surface area contributed by atoms with Crippen molar-refractivity contribution in [2.45, 2.75) is 26.2 Å². The summed E-state index contributed by atoms with van der Waals surface area (Å²) in [6.45, 7) is 6.05. The maximum atomic E-state index is 12.9. The van der Waals surface area contributed by atoms with Gasteiger partial charge in [-0.25, -0.2) is 0 Å². The predicted octanol–water partition coefficient (Wildman–Crippen LogP) is 6.65. The van der Waals surface area contributed by atoms with Gasteiger partial charge in [0.2, 0.25) is 0 Å². The molecule has 3 aromatic rings. The number of amides is 1. The summed E-state index contributed by atoms with van der Waals surface area (Å²) in [5, 5.41) is 3.19. The molecule has 0 atom stereocenters. The molecule has 0 saturated heterocycles. The first kappa shape index (κ1) is 23.0. The lowest BCUT2D eigenvalue weighted by molar-refractivity contribution is -0.118. The van der Waals surface area contributed by atoms with Gasteiger partial charge in [0, 0.05) is 26.2 Å². The Morgan fingerprint density at radius 2 is 1.71 bits per heavy atom. The molecule has 6 heteroatoms. The standard InChI is InChI=1S/C25H23BrClNO3/c1-25(2,3)20-13-17(26)9-12-22(20)31-15-23(29)28-21-11-10-18(27)14-19(21)24(30)16-7-5-4-6-8-16/h4-14H,15H2,1-3H3,(H,28,29). The Hall–Kier alpha value is -2.63. The van der Waals surface area contributed by atoms with Gasteiger partial charge in [0.05, 0.1) is 5.69 Å². The second-order valence-corrected chi connectivity index (χ2v) is 9.46. The first-order valence-corrected chi connectivity index (χ1v) is 10.9. The number of carbonyl (C=O) groups is 2. The molecule has 0 aliphatic rings. The maximum absolute atomic E-state index is 12.9. The van der Waals surface area contributed by atoms with Crippen molar-refractivity contribution in [2.75, 3.05) is 11.9 Å². The minimum Gasteiger partial charge on any atom is -0.483 e. The summed E-state index contributed by atoms with van der Waals surface area (Å²) in [6, 6.07) is 19.4. The number of hydrogen-bond donors (Lipinski definition) is 1. The highest BCUT2D eigenvalue weighted by Crippen LogP contribution is 2.33. The summed E-state index contributed by atoms with van der Waals surface area (Å²) in [5.41, 5.74) is 2.06. The van der Waals surface area contributed by atoms with E-state index in [-0.39, 0.29) is 23.7 Å². The number of hydrogen-bond acceptors (Lipinski definition) is 3. The topological polar surface area (TPSA) is 55.4 Å².